The van der Waals surface area contributed by atoms with Crippen LogP contribution in [0.25, 0.3) is 0 Å². The monoisotopic (exact) mass is 256 g/mol. The van der Waals surface area contributed by atoms with Gasteiger partial charge >= 0.3 is 5.97 Å². The van der Waals surface area contributed by atoms with Gasteiger partial charge in [0.1, 0.15) is 0 Å². The van der Waals surface area contributed by atoms with Crippen LogP contribution in [-0.4, -0.2) is 33.7 Å². The predicted molar refractivity (Wildman–Crippen MR) is 65.1 cm³/mol. The molecule has 0 fully saturated rings. The van der Waals surface area contributed by atoms with Gasteiger partial charge in [-0.05, 0) is 26.0 Å². The summed E-state index contributed by atoms with van der Waals surface area (Å²) in [5.74, 6) is -0.958. The molecule has 17 heavy (non-hydrogen) atoms. The van der Waals surface area contributed by atoms with Crippen molar-refractivity contribution in [1.82, 2.24) is 0 Å². The lowest BCUT2D eigenvalue weighted by molar-refractivity contribution is -0.158. The van der Waals surface area contributed by atoms with Crippen LogP contribution in [0, 0.1) is 6.92 Å². The Kier molecular flexibility index (Phi) is 4.42. The Morgan fingerprint density at radius 1 is 1.41 bits per heavy atom. The number of aliphatic hydroxyl groups is 1. The molecule has 0 unspecified atom stereocenters. The number of aryl methyl sites for hydroxylation is 1. The van der Waals surface area contributed by atoms with Crippen LogP contribution in [0.5, 0.6) is 0 Å². The molecular weight excluding hydrogens is 240 g/mol. The molecule has 1 aromatic rings. The predicted octanol–water partition coefficient (Wildman–Crippen LogP) is 1.03. The normalized spacial score (nSPS) is 16.0. The zero-order valence-corrected chi connectivity index (χ0v) is 10.9. The minimum atomic E-state index is -1.73. The highest BCUT2D eigenvalue weighted by atomic mass is 32.2. The Balaban J connectivity index is 2.79. The zero-order valence-electron chi connectivity index (χ0n) is 10.1. The summed E-state index contributed by atoms with van der Waals surface area (Å²) in [6.45, 7) is 3.22. The van der Waals surface area contributed by atoms with E-state index in [0.717, 1.165) is 5.56 Å². The van der Waals surface area contributed by atoms with Crippen LogP contribution in [0.1, 0.15) is 12.5 Å². The molecule has 0 heterocycles. The molecule has 1 rings (SSSR count). The Bertz CT molecular complexity index is 423. The maximum absolute atomic E-state index is 11.9. The fourth-order valence-corrected chi connectivity index (χ4v) is 2.54. The van der Waals surface area contributed by atoms with Crippen molar-refractivity contribution in [2.75, 3.05) is 12.9 Å². The summed E-state index contributed by atoms with van der Waals surface area (Å²) >= 11 is 0. The van der Waals surface area contributed by atoms with Gasteiger partial charge in [-0.1, -0.05) is 17.7 Å². The fraction of sp³-hybridized carbons (Fsp3) is 0.417. The molecule has 0 aliphatic rings. The molecule has 2 atom stereocenters. The third kappa shape index (κ3) is 3.64. The summed E-state index contributed by atoms with van der Waals surface area (Å²) in [6.07, 6.45) is 0. The number of ether oxygens (including phenoxy) is 1. The van der Waals surface area contributed by atoms with Crippen LogP contribution in [0.2, 0.25) is 0 Å². The molecule has 0 bridgehead atoms. The van der Waals surface area contributed by atoms with Gasteiger partial charge in [0, 0.05) is 4.90 Å². The van der Waals surface area contributed by atoms with E-state index >= 15 is 0 Å². The molecule has 0 aliphatic heterocycles. The molecular formula is C12H16O4S. The lowest BCUT2D eigenvalue weighted by atomic mass is 10.1. The molecule has 0 aliphatic carbocycles. The summed E-state index contributed by atoms with van der Waals surface area (Å²) in [4.78, 5) is 11.8. The lowest BCUT2D eigenvalue weighted by Gasteiger charge is -2.19. The summed E-state index contributed by atoms with van der Waals surface area (Å²) in [6, 6.07) is 7.11. The molecule has 1 aromatic carbocycles. The molecule has 5 heteroatoms. The molecule has 0 aromatic heterocycles. The number of hydrogen-bond acceptors (Lipinski definition) is 4. The van der Waals surface area contributed by atoms with Crippen molar-refractivity contribution in [3.05, 3.63) is 29.8 Å². The highest BCUT2D eigenvalue weighted by molar-refractivity contribution is 7.85. The lowest BCUT2D eigenvalue weighted by Crippen LogP contribution is -2.41. The first-order valence-corrected chi connectivity index (χ1v) is 6.44. The van der Waals surface area contributed by atoms with E-state index in [1.165, 1.54) is 14.0 Å². The van der Waals surface area contributed by atoms with Crippen LogP contribution < -0.4 is 0 Å². The summed E-state index contributed by atoms with van der Waals surface area (Å²) in [5.41, 5.74) is -0.671. The van der Waals surface area contributed by atoms with E-state index in [2.05, 4.69) is 4.74 Å². The first-order valence-electron chi connectivity index (χ1n) is 5.12. The van der Waals surface area contributed by atoms with Crippen LogP contribution >= 0.6 is 0 Å². The van der Waals surface area contributed by atoms with Gasteiger partial charge in [-0.3, -0.25) is 4.21 Å². The van der Waals surface area contributed by atoms with Crippen molar-refractivity contribution < 1.29 is 18.8 Å². The zero-order chi connectivity index (χ0) is 13.1. The molecule has 94 valence electrons. The van der Waals surface area contributed by atoms with Crippen LogP contribution in [0.3, 0.4) is 0 Å². The molecule has 0 saturated carbocycles. The van der Waals surface area contributed by atoms with E-state index < -0.39 is 22.4 Å². The van der Waals surface area contributed by atoms with Crippen molar-refractivity contribution in [3.63, 3.8) is 0 Å². The first-order chi connectivity index (χ1) is 7.86. The Hall–Kier alpha value is -1.20. The van der Waals surface area contributed by atoms with Crippen LogP contribution in [0.15, 0.2) is 29.2 Å². The standard InChI is InChI=1S/C12H16O4S/c1-9-4-6-10(7-5-9)17(15)8-12(2,14)11(13)16-3/h4-7,14H,8H2,1-3H3/t12-,17-/m1/s1. The van der Waals surface area contributed by atoms with Crippen LogP contribution in [0.4, 0.5) is 0 Å². The molecule has 0 spiro atoms. The average molecular weight is 256 g/mol. The van der Waals surface area contributed by atoms with Gasteiger partial charge in [0.25, 0.3) is 0 Å². The SMILES string of the molecule is COC(=O)[C@](C)(O)C[S@@](=O)c1ccc(C)cc1. The Labute approximate surface area is 103 Å². The minimum absolute atomic E-state index is 0.178. The molecule has 0 amide bonds. The number of rotatable bonds is 4. The number of carbonyl (C=O) groups excluding carboxylic acids is 1. The quantitative estimate of drug-likeness (QED) is 0.817. The summed E-state index contributed by atoms with van der Waals surface area (Å²) in [7, 11) is -0.248. The van der Waals surface area contributed by atoms with Gasteiger partial charge in [-0.25, -0.2) is 4.79 Å². The van der Waals surface area contributed by atoms with Crippen molar-refractivity contribution >= 4 is 16.8 Å². The maximum Gasteiger partial charge on any atom is 0.338 e. The second-order valence-electron chi connectivity index (χ2n) is 4.07. The van der Waals surface area contributed by atoms with Gasteiger partial charge in [0.2, 0.25) is 0 Å². The molecule has 0 radical (unpaired) electrons. The number of benzene rings is 1. The largest absolute Gasteiger partial charge is 0.467 e. The van der Waals surface area contributed by atoms with Gasteiger partial charge in [-0.2, -0.15) is 0 Å². The highest BCUT2D eigenvalue weighted by Gasteiger charge is 2.33. The smallest absolute Gasteiger partial charge is 0.338 e. The van der Waals surface area contributed by atoms with E-state index in [4.69, 9.17) is 0 Å². The van der Waals surface area contributed by atoms with E-state index in [1.807, 2.05) is 19.1 Å². The van der Waals surface area contributed by atoms with E-state index in [-0.39, 0.29) is 5.75 Å². The Morgan fingerprint density at radius 3 is 2.41 bits per heavy atom. The molecule has 1 N–H and O–H groups in total. The van der Waals surface area contributed by atoms with Crippen molar-refractivity contribution in [2.24, 2.45) is 0 Å². The van der Waals surface area contributed by atoms with E-state index in [0.29, 0.717) is 4.90 Å². The number of hydrogen-bond donors (Lipinski definition) is 1. The maximum atomic E-state index is 11.9. The second kappa shape index (κ2) is 5.42. The summed E-state index contributed by atoms with van der Waals surface area (Å²) in [5, 5.41) is 9.80. The minimum Gasteiger partial charge on any atom is -0.467 e. The van der Waals surface area contributed by atoms with Gasteiger partial charge < -0.3 is 9.84 Å². The third-order valence-corrected chi connectivity index (χ3v) is 3.94. The Morgan fingerprint density at radius 2 is 1.94 bits per heavy atom. The van der Waals surface area contributed by atoms with E-state index in [9.17, 15) is 14.1 Å². The third-order valence-electron chi connectivity index (χ3n) is 2.32. The van der Waals surface area contributed by atoms with Gasteiger partial charge in [-0.15, -0.1) is 0 Å². The van der Waals surface area contributed by atoms with Gasteiger partial charge in [0.05, 0.1) is 23.7 Å². The van der Waals surface area contributed by atoms with E-state index in [1.54, 1.807) is 12.1 Å². The number of esters is 1. The topological polar surface area (TPSA) is 63.6 Å². The van der Waals surface area contributed by atoms with Crippen LogP contribution in [-0.2, 0) is 20.3 Å². The number of carbonyl (C=O) groups is 1. The van der Waals surface area contributed by atoms with Crippen molar-refractivity contribution in [2.45, 2.75) is 24.3 Å². The van der Waals surface area contributed by atoms with Crippen molar-refractivity contribution in [3.8, 4) is 0 Å². The highest BCUT2D eigenvalue weighted by Crippen LogP contribution is 2.15. The second-order valence-corrected chi connectivity index (χ2v) is 5.52. The molecule has 0 saturated heterocycles. The molecule has 4 nitrogen and oxygen atoms in total. The fourth-order valence-electron chi connectivity index (χ4n) is 1.31. The first kappa shape index (κ1) is 13.9. The summed E-state index contributed by atoms with van der Waals surface area (Å²) < 4.78 is 16.4. The van der Waals surface area contributed by atoms with Gasteiger partial charge in [0.15, 0.2) is 5.60 Å². The van der Waals surface area contributed by atoms with Crippen molar-refractivity contribution in [1.29, 1.82) is 0 Å². The average Bonchev–Trinajstić information content (AvgIpc) is 2.28. The number of methoxy groups -OCH3 is 1.